The highest BCUT2D eigenvalue weighted by Crippen LogP contribution is 2.73. The Morgan fingerprint density at radius 1 is 1.07 bits per heavy atom. The van der Waals surface area contributed by atoms with Crippen LogP contribution in [0.25, 0.3) is 10.9 Å². The number of hydrogen-bond acceptors (Lipinski definition) is 6. The van der Waals surface area contributed by atoms with E-state index in [4.69, 9.17) is 14.2 Å². The van der Waals surface area contributed by atoms with E-state index in [0.717, 1.165) is 30.4 Å². The SMILES string of the molecule is CC(C)=CCc1cccc2[nH]c3c(c12)CC1CCC2(O)C4(OC4C4OC(C=C(C)C)OC(C)(C)C4O)C(=O)CCC2(C)C31C. The zero-order valence-corrected chi connectivity index (χ0v) is 27.5. The largest absolute Gasteiger partial charge is 0.387 e. The molecule has 1 aromatic heterocycles. The molecule has 7 nitrogen and oxygen atoms in total. The molecule has 3 N–H and O–H groups in total. The van der Waals surface area contributed by atoms with E-state index in [-0.39, 0.29) is 5.78 Å². The number of allylic oxidation sites excluding steroid dienone is 3. The summed E-state index contributed by atoms with van der Waals surface area (Å²) in [6.45, 7) is 16.4. The molecule has 3 heterocycles. The van der Waals surface area contributed by atoms with Crippen molar-refractivity contribution in [3.63, 3.8) is 0 Å². The van der Waals surface area contributed by atoms with Gasteiger partial charge >= 0.3 is 0 Å². The summed E-state index contributed by atoms with van der Waals surface area (Å²) in [5, 5.41) is 25.9. The standard InChI is InChI=1S/C37H49NO6/c1-20(2)12-13-22-10-9-11-25-28(22)24-19-23-14-17-36(41)34(7,35(23,8)30(24)38-25)16-15-26(39)37(36)32(44-37)29-31(40)33(5,6)43-27(42-29)18-21(3)4/h9-12,18,23,27,29,31-32,38,40-41H,13-17,19H2,1-8H3. The number of aromatic amines is 1. The van der Waals surface area contributed by atoms with Crippen LogP contribution in [0.3, 0.4) is 0 Å². The molecule has 9 atom stereocenters. The van der Waals surface area contributed by atoms with E-state index in [9.17, 15) is 15.0 Å². The van der Waals surface area contributed by atoms with E-state index in [1.807, 2.05) is 33.8 Å². The number of carbonyl (C=O) groups is 1. The number of hydrogen-bond donors (Lipinski definition) is 3. The summed E-state index contributed by atoms with van der Waals surface area (Å²) in [5.74, 6) is 0.255. The maximum absolute atomic E-state index is 14.0. The molecule has 9 unspecified atom stereocenters. The topological polar surface area (TPSA) is 104 Å². The molecule has 2 aliphatic heterocycles. The van der Waals surface area contributed by atoms with E-state index in [2.05, 4.69) is 57.0 Å². The molecule has 5 aliphatic rings. The number of epoxide rings is 1. The summed E-state index contributed by atoms with van der Waals surface area (Å²) in [4.78, 5) is 17.9. The van der Waals surface area contributed by atoms with Crippen LogP contribution in [0.1, 0.15) is 97.9 Å². The Labute approximate surface area is 261 Å². The minimum atomic E-state index is -1.42. The van der Waals surface area contributed by atoms with E-state index in [0.29, 0.717) is 25.2 Å². The van der Waals surface area contributed by atoms with Gasteiger partial charge in [-0.15, -0.1) is 0 Å². The second-order valence-electron chi connectivity index (χ2n) is 15.7. The van der Waals surface area contributed by atoms with Crippen LogP contribution in [0, 0.1) is 11.3 Å². The quantitative estimate of drug-likeness (QED) is 0.293. The molecule has 44 heavy (non-hydrogen) atoms. The van der Waals surface area contributed by atoms with E-state index >= 15 is 0 Å². The number of carbonyl (C=O) groups excluding carboxylic acids is 1. The molecular formula is C37H49NO6. The summed E-state index contributed by atoms with van der Waals surface area (Å²) in [6, 6.07) is 6.52. The van der Waals surface area contributed by atoms with Crippen LogP contribution in [0.5, 0.6) is 0 Å². The third kappa shape index (κ3) is 3.77. The molecule has 7 rings (SSSR count). The first-order chi connectivity index (χ1) is 20.6. The lowest BCUT2D eigenvalue weighted by molar-refractivity contribution is -0.301. The van der Waals surface area contributed by atoms with Gasteiger partial charge in [-0.05, 0) is 103 Å². The van der Waals surface area contributed by atoms with Crippen molar-refractivity contribution in [1.29, 1.82) is 0 Å². The van der Waals surface area contributed by atoms with Crippen molar-refractivity contribution in [3.05, 3.63) is 58.3 Å². The van der Waals surface area contributed by atoms with E-state index < -0.39 is 52.2 Å². The van der Waals surface area contributed by atoms with Crippen molar-refractivity contribution in [2.24, 2.45) is 11.3 Å². The number of rotatable bonds is 4. The number of benzene rings is 1. The highest BCUT2D eigenvalue weighted by Gasteiger charge is 2.85. The number of Topliss-reactive ketones (excluding diaryl/α,β-unsaturated/α-hetero) is 1. The molecule has 0 radical (unpaired) electrons. The molecule has 2 saturated heterocycles. The molecule has 7 heteroatoms. The van der Waals surface area contributed by atoms with Gasteiger partial charge in [0, 0.05) is 33.8 Å². The summed E-state index contributed by atoms with van der Waals surface area (Å²) in [5.41, 5.74) is 2.54. The molecule has 0 bridgehead atoms. The first-order valence-electron chi connectivity index (χ1n) is 16.5. The average Bonchev–Trinajstić information content (AvgIpc) is 3.49. The number of H-pyrrole nitrogens is 1. The van der Waals surface area contributed by atoms with Crippen LogP contribution in [0.15, 0.2) is 41.5 Å². The number of fused-ring (bicyclic) bond motifs is 8. The van der Waals surface area contributed by atoms with Crippen molar-refractivity contribution in [3.8, 4) is 0 Å². The molecule has 1 aromatic carbocycles. The molecule has 238 valence electrons. The van der Waals surface area contributed by atoms with Gasteiger partial charge in [0.1, 0.15) is 23.9 Å². The fourth-order valence-electron chi connectivity index (χ4n) is 9.86. The van der Waals surface area contributed by atoms with Crippen LogP contribution in [0.2, 0.25) is 0 Å². The van der Waals surface area contributed by atoms with Gasteiger partial charge < -0.3 is 29.4 Å². The Morgan fingerprint density at radius 2 is 1.82 bits per heavy atom. The van der Waals surface area contributed by atoms with Gasteiger partial charge in [0.05, 0.1) is 5.60 Å². The Balaban J connectivity index is 1.31. The van der Waals surface area contributed by atoms with Crippen molar-refractivity contribution in [1.82, 2.24) is 4.98 Å². The first kappa shape index (κ1) is 30.4. The second-order valence-corrected chi connectivity index (χ2v) is 15.7. The van der Waals surface area contributed by atoms with Crippen molar-refractivity contribution >= 4 is 16.7 Å². The smallest absolute Gasteiger partial charge is 0.184 e. The normalized spacial score (nSPS) is 42.0. The van der Waals surface area contributed by atoms with Gasteiger partial charge in [0.25, 0.3) is 0 Å². The molecule has 2 saturated carbocycles. The predicted molar refractivity (Wildman–Crippen MR) is 169 cm³/mol. The Hall–Kier alpha value is -2.29. The minimum Gasteiger partial charge on any atom is -0.387 e. The van der Waals surface area contributed by atoms with E-state index in [1.54, 1.807) is 0 Å². The Kier molecular flexibility index (Phi) is 6.64. The van der Waals surface area contributed by atoms with Crippen LogP contribution >= 0.6 is 0 Å². The lowest BCUT2D eigenvalue weighted by Crippen LogP contribution is -2.74. The average molecular weight is 604 g/mol. The number of nitrogens with one attached hydrogen (secondary N) is 1. The molecular weight excluding hydrogens is 554 g/mol. The predicted octanol–water partition coefficient (Wildman–Crippen LogP) is 5.99. The van der Waals surface area contributed by atoms with Crippen LogP contribution in [-0.2, 0) is 37.3 Å². The summed E-state index contributed by atoms with van der Waals surface area (Å²) >= 11 is 0. The maximum Gasteiger partial charge on any atom is 0.184 e. The lowest BCUT2D eigenvalue weighted by Gasteiger charge is -2.64. The van der Waals surface area contributed by atoms with Crippen molar-refractivity contribution in [2.45, 2.75) is 141 Å². The Morgan fingerprint density at radius 3 is 2.52 bits per heavy atom. The Bertz CT molecular complexity index is 1590. The third-order valence-electron chi connectivity index (χ3n) is 12.5. The zero-order valence-electron chi connectivity index (χ0n) is 27.5. The van der Waals surface area contributed by atoms with Crippen LogP contribution in [0.4, 0.5) is 0 Å². The fourth-order valence-corrected chi connectivity index (χ4v) is 9.86. The molecule has 0 amide bonds. The summed E-state index contributed by atoms with van der Waals surface area (Å²) in [6.07, 6.45) is 4.88. The lowest BCUT2D eigenvalue weighted by atomic mass is 9.41. The maximum atomic E-state index is 14.0. The number of ketones is 1. The fraction of sp³-hybridized carbons (Fsp3) is 0.649. The number of ether oxygens (including phenoxy) is 3. The molecule has 2 aromatic rings. The molecule has 4 fully saturated rings. The highest BCUT2D eigenvalue weighted by atomic mass is 16.7. The first-order valence-corrected chi connectivity index (χ1v) is 16.5. The third-order valence-corrected chi connectivity index (χ3v) is 12.5. The van der Waals surface area contributed by atoms with Crippen molar-refractivity contribution < 1.29 is 29.2 Å². The van der Waals surface area contributed by atoms with Gasteiger partial charge in [0.15, 0.2) is 17.7 Å². The molecule has 1 spiro atoms. The van der Waals surface area contributed by atoms with Gasteiger partial charge in [-0.25, -0.2) is 0 Å². The van der Waals surface area contributed by atoms with E-state index in [1.165, 1.54) is 27.8 Å². The monoisotopic (exact) mass is 603 g/mol. The zero-order chi connectivity index (χ0) is 31.6. The van der Waals surface area contributed by atoms with Crippen LogP contribution in [-0.4, -0.2) is 62.4 Å². The number of aliphatic hydroxyl groups is 2. The molecule has 3 aliphatic carbocycles. The summed E-state index contributed by atoms with van der Waals surface area (Å²) in [7, 11) is 0. The minimum absolute atomic E-state index is 0.0812. The van der Waals surface area contributed by atoms with Gasteiger partial charge in [-0.2, -0.15) is 0 Å². The van der Waals surface area contributed by atoms with Crippen molar-refractivity contribution in [2.75, 3.05) is 0 Å². The highest BCUT2D eigenvalue weighted by molar-refractivity contribution is 5.94. The van der Waals surface area contributed by atoms with Gasteiger partial charge in [0.2, 0.25) is 0 Å². The van der Waals surface area contributed by atoms with Crippen LogP contribution < -0.4 is 0 Å². The summed E-state index contributed by atoms with van der Waals surface area (Å²) < 4.78 is 18.9. The number of aromatic nitrogens is 1. The van der Waals surface area contributed by atoms with Gasteiger partial charge in [-0.1, -0.05) is 43.2 Å². The van der Waals surface area contributed by atoms with Gasteiger partial charge in [-0.3, -0.25) is 4.79 Å². The number of aliphatic hydroxyl groups excluding tert-OH is 1. The second kappa shape index (κ2) is 9.62.